The number of hydrogen-bond acceptors (Lipinski definition) is 6. The normalized spacial score (nSPS) is 33.4. The Labute approximate surface area is 129 Å². The third-order valence-corrected chi connectivity index (χ3v) is 5.84. The summed E-state index contributed by atoms with van der Waals surface area (Å²) in [5.74, 6) is 0. The number of nitrogens with zero attached hydrogens (tertiary/aromatic N) is 2. The van der Waals surface area contributed by atoms with Crippen LogP contribution in [-0.4, -0.2) is 57.1 Å². The van der Waals surface area contributed by atoms with Gasteiger partial charge in [-0.1, -0.05) is 0 Å². The molecule has 0 saturated carbocycles. The number of aromatic nitrogens is 1. The molecule has 2 N–H and O–H groups in total. The molecule has 1 aromatic heterocycles. The molecule has 21 heavy (non-hydrogen) atoms. The molecule has 2 aliphatic heterocycles. The van der Waals surface area contributed by atoms with E-state index in [1.165, 1.54) is 4.88 Å². The van der Waals surface area contributed by atoms with Crippen LogP contribution in [0.2, 0.25) is 0 Å². The molecule has 3 heterocycles. The second kappa shape index (κ2) is 5.59. The maximum atomic E-state index is 10.3. The maximum Gasteiger partial charge on any atom is 0.106 e. The lowest BCUT2D eigenvalue weighted by Gasteiger charge is -2.49. The van der Waals surface area contributed by atoms with Gasteiger partial charge in [-0.2, -0.15) is 0 Å². The van der Waals surface area contributed by atoms with Crippen molar-refractivity contribution in [2.75, 3.05) is 19.7 Å². The zero-order valence-electron chi connectivity index (χ0n) is 12.7. The number of likely N-dealkylation sites (tertiary alicyclic amines) is 1. The first-order valence-corrected chi connectivity index (χ1v) is 8.44. The summed E-state index contributed by atoms with van der Waals surface area (Å²) < 4.78 is 5.92. The van der Waals surface area contributed by atoms with Gasteiger partial charge in [0, 0.05) is 30.9 Å². The van der Waals surface area contributed by atoms with Gasteiger partial charge in [0.15, 0.2) is 0 Å². The van der Waals surface area contributed by atoms with Crippen LogP contribution >= 0.6 is 11.3 Å². The van der Waals surface area contributed by atoms with Crippen LogP contribution in [0.5, 0.6) is 0 Å². The Hall–Kier alpha value is -0.530. The van der Waals surface area contributed by atoms with E-state index in [-0.39, 0.29) is 12.2 Å². The third-order valence-electron chi connectivity index (χ3n) is 4.92. The second-order valence-corrected chi connectivity index (χ2v) is 7.62. The minimum atomic E-state index is -1.03. The standard InChI is InChI=1S/C15H24N2O3S/c1-11-12(21-10-16-11)7-17-5-3-15(4-6-17)9-14(2,19)13(18)8-20-15/h10,13,18-19H,3-9H2,1-2H3/t13-,14-/m0/s1. The number of rotatable bonds is 2. The predicted octanol–water partition coefficient (Wildman–Crippen LogP) is 1.32. The molecule has 2 aliphatic rings. The van der Waals surface area contributed by atoms with Crippen molar-refractivity contribution in [2.45, 2.75) is 57.0 Å². The average molecular weight is 312 g/mol. The Balaban J connectivity index is 1.59. The fraction of sp³-hybridized carbons (Fsp3) is 0.800. The number of thiazole rings is 1. The molecule has 0 unspecified atom stereocenters. The number of aliphatic hydroxyl groups excluding tert-OH is 1. The zero-order chi connectivity index (χ0) is 15.1. The first-order valence-electron chi connectivity index (χ1n) is 7.56. The predicted molar refractivity (Wildman–Crippen MR) is 81.3 cm³/mol. The topological polar surface area (TPSA) is 65.8 Å². The Morgan fingerprint density at radius 3 is 2.76 bits per heavy atom. The van der Waals surface area contributed by atoms with Crippen LogP contribution in [0.15, 0.2) is 5.51 Å². The van der Waals surface area contributed by atoms with Crippen LogP contribution in [0.1, 0.15) is 36.8 Å². The third kappa shape index (κ3) is 3.14. The van der Waals surface area contributed by atoms with Crippen LogP contribution in [0.25, 0.3) is 0 Å². The van der Waals surface area contributed by atoms with Gasteiger partial charge in [-0.3, -0.25) is 4.90 Å². The lowest BCUT2D eigenvalue weighted by Crippen LogP contribution is -2.59. The summed E-state index contributed by atoms with van der Waals surface area (Å²) >= 11 is 1.71. The number of ether oxygens (including phenoxy) is 1. The van der Waals surface area contributed by atoms with Crippen molar-refractivity contribution in [3.8, 4) is 0 Å². The van der Waals surface area contributed by atoms with Crippen molar-refractivity contribution in [3.05, 3.63) is 16.1 Å². The van der Waals surface area contributed by atoms with Crippen molar-refractivity contribution in [1.29, 1.82) is 0 Å². The summed E-state index contributed by atoms with van der Waals surface area (Å²) in [6.07, 6.45) is 1.57. The number of aryl methyl sites for hydroxylation is 1. The molecule has 0 amide bonds. The fourth-order valence-electron chi connectivity index (χ4n) is 3.38. The summed E-state index contributed by atoms with van der Waals surface area (Å²) in [6.45, 7) is 6.88. The Kier molecular flexibility index (Phi) is 4.09. The number of aliphatic hydroxyl groups is 2. The van der Waals surface area contributed by atoms with Crippen molar-refractivity contribution < 1.29 is 14.9 Å². The minimum Gasteiger partial charge on any atom is -0.388 e. The Bertz CT molecular complexity index is 495. The highest BCUT2D eigenvalue weighted by Gasteiger charge is 2.48. The van der Waals surface area contributed by atoms with E-state index in [0.29, 0.717) is 6.42 Å². The van der Waals surface area contributed by atoms with E-state index >= 15 is 0 Å². The summed E-state index contributed by atoms with van der Waals surface area (Å²) in [6, 6.07) is 0. The van der Waals surface area contributed by atoms with Crippen LogP contribution in [-0.2, 0) is 11.3 Å². The van der Waals surface area contributed by atoms with Gasteiger partial charge >= 0.3 is 0 Å². The molecule has 118 valence electrons. The number of hydrogen-bond donors (Lipinski definition) is 2. The number of piperidine rings is 1. The first kappa shape index (κ1) is 15.4. The van der Waals surface area contributed by atoms with Crippen molar-refractivity contribution >= 4 is 11.3 Å². The SMILES string of the molecule is Cc1ncsc1CN1CCC2(CC1)C[C@](C)(O)[C@@H](O)CO2. The summed E-state index contributed by atoms with van der Waals surface area (Å²) in [5.41, 5.74) is 1.73. The summed E-state index contributed by atoms with van der Waals surface area (Å²) in [7, 11) is 0. The molecule has 2 saturated heterocycles. The van der Waals surface area contributed by atoms with E-state index in [1.807, 2.05) is 5.51 Å². The second-order valence-electron chi connectivity index (χ2n) is 6.68. The smallest absolute Gasteiger partial charge is 0.106 e. The van der Waals surface area contributed by atoms with E-state index in [0.717, 1.165) is 38.2 Å². The van der Waals surface area contributed by atoms with Gasteiger partial charge < -0.3 is 14.9 Å². The van der Waals surface area contributed by atoms with Crippen LogP contribution < -0.4 is 0 Å². The molecule has 1 aromatic rings. The molecule has 5 nitrogen and oxygen atoms in total. The molecule has 0 radical (unpaired) electrons. The van der Waals surface area contributed by atoms with E-state index in [4.69, 9.17) is 4.74 Å². The van der Waals surface area contributed by atoms with Crippen molar-refractivity contribution in [1.82, 2.24) is 9.88 Å². The van der Waals surface area contributed by atoms with Gasteiger partial charge in [0.25, 0.3) is 0 Å². The molecule has 2 fully saturated rings. The molecule has 1 spiro atoms. The van der Waals surface area contributed by atoms with Gasteiger partial charge in [-0.05, 0) is 26.7 Å². The van der Waals surface area contributed by atoms with E-state index in [9.17, 15) is 10.2 Å². The van der Waals surface area contributed by atoms with Gasteiger partial charge in [-0.25, -0.2) is 4.98 Å². The summed E-state index contributed by atoms with van der Waals surface area (Å²) in [5, 5.41) is 20.1. The Morgan fingerprint density at radius 1 is 1.48 bits per heavy atom. The molecular formula is C15H24N2O3S. The Morgan fingerprint density at radius 2 is 2.19 bits per heavy atom. The van der Waals surface area contributed by atoms with E-state index in [2.05, 4.69) is 16.8 Å². The van der Waals surface area contributed by atoms with Gasteiger partial charge in [0.2, 0.25) is 0 Å². The lowest BCUT2D eigenvalue weighted by molar-refractivity contribution is -0.223. The minimum absolute atomic E-state index is 0.237. The van der Waals surface area contributed by atoms with E-state index < -0.39 is 11.7 Å². The summed E-state index contributed by atoms with van der Waals surface area (Å²) in [4.78, 5) is 8.06. The largest absolute Gasteiger partial charge is 0.388 e. The van der Waals surface area contributed by atoms with Gasteiger partial charge in [-0.15, -0.1) is 11.3 Å². The molecule has 6 heteroatoms. The van der Waals surface area contributed by atoms with Crippen molar-refractivity contribution in [2.24, 2.45) is 0 Å². The van der Waals surface area contributed by atoms with Crippen LogP contribution in [0.3, 0.4) is 0 Å². The van der Waals surface area contributed by atoms with Gasteiger partial charge in [0.05, 0.1) is 29.0 Å². The molecule has 3 rings (SSSR count). The van der Waals surface area contributed by atoms with Crippen LogP contribution in [0.4, 0.5) is 0 Å². The molecule has 2 atom stereocenters. The highest BCUT2D eigenvalue weighted by Crippen LogP contribution is 2.39. The average Bonchev–Trinajstić information content (AvgIpc) is 2.83. The molecule has 0 aromatic carbocycles. The van der Waals surface area contributed by atoms with Crippen molar-refractivity contribution in [3.63, 3.8) is 0 Å². The monoisotopic (exact) mass is 312 g/mol. The highest BCUT2D eigenvalue weighted by molar-refractivity contribution is 7.09. The van der Waals surface area contributed by atoms with Crippen LogP contribution in [0, 0.1) is 6.92 Å². The first-order chi connectivity index (χ1) is 9.90. The van der Waals surface area contributed by atoms with E-state index in [1.54, 1.807) is 18.3 Å². The molecule has 0 bridgehead atoms. The van der Waals surface area contributed by atoms with Gasteiger partial charge in [0.1, 0.15) is 6.10 Å². The highest BCUT2D eigenvalue weighted by atomic mass is 32.1. The zero-order valence-corrected chi connectivity index (χ0v) is 13.5. The lowest BCUT2D eigenvalue weighted by atomic mass is 9.76. The molecule has 0 aliphatic carbocycles. The maximum absolute atomic E-state index is 10.3. The quantitative estimate of drug-likeness (QED) is 0.862. The fourth-order valence-corrected chi connectivity index (χ4v) is 4.20. The molecular weight excluding hydrogens is 288 g/mol.